The third kappa shape index (κ3) is 4.77. The topological polar surface area (TPSA) is 117 Å². The maximum atomic E-state index is 12.1. The van der Waals surface area contributed by atoms with Crippen molar-refractivity contribution in [2.75, 3.05) is 6.61 Å². The molecule has 0 N–H and O–H groups in total. The number of carbonyl (C=O) groups is 2. The van der Waals surface area contributed by atoms with E-state index in [1.54, 1.807) is 19.1 Å². The van der Waals surface area contributed by atoms with Gasteiger partial charge in [0.15, 0.2) is 5.70 Å². The fourth-order valence-corrected chi connectivity index (χ4v) is 2.60. The van der Waals surface area contributed by atoms with Crippen molar-refractivity contribution in [2.24, 2.45) is 4.99 Å². The fraction of sp³-hybridized carbons (Fsp3) is 0.105. The summed E-state index contributed by atoms with van der Waals surface area (Å²) in [6.45, 7) is 1.86. The Bertz CT molecular complexity index is 1050. The van der Waals surface area contributed by atoms with Crippen LogP contribution in [-0.2, 0) is 14.3 Å². The number of non-ortho nitro benzene ring substituents is 1. The van der Waals surface area contributed by atoms with E-state index < -0.39 is 17.0 Å². The largest absolute Gasteiger partial charge is 0.513 e. The van der Waals surface area contributed by atoms with Crippen LogP contribution in [0.2, 0.25) is 5.02 Å². The van der Waals surface area contributed by atoms with E-state index in [1.165, 1.54) is 30.3 Å². The molecule has 10 heteroatoms. The first kappa shape index (κ1) is 20.0. The molecule has 0 aliphatic carbocycles. The number of carbonyl (C=O) groups excluding carboxylic acids is 2. The van der Waals surface area contributed by atoms with E-state index in [0.717, 1.165) is 6.07 Å². The minimum absolute atomic E-state index is 0.0217. The van der Waals surface area contributed by atoms with Crippen molar-refractivity contribution in [2.45, 2.75) is 6.92 Å². The molecule has 2 aromatic carbocycles. The van der Waals surface area contributed by atoms with Crippen molar-refractivity contribution >= 4 is 41.4 Å². The molecule has 0 atom stereocenters. The Morgan fingerprint density at radius 1 is 1.28 bits per heavy atom. The summed E-state index contributed by atoms with van der Waals surface area (Å²) in [7, 11) is 0. The zero-order valence-corrected chi connectivity index (χ0v) is 15.7. The van der Waals surface area contributed by atoms with Gasteiger partial charge in [0.1, 0.15) is 5.75 Å². The van der Waals surface area contributed by atoms with Crippen molar-refractivity contribution in [1.82, 2.24) is 0 Å². The lowest BCUT2D eigenvalue weighted by molar-refractivity contribution is -0.384. The monoisotopic (exact) mass is 416 g/mol. The van der Waals surface area contributed by atoms with Gasteiger partial charge in [-0.3, -0.25) is 10.1 Å². The predicted molar refractivity (Wildman–Crippen MR) is 103 cm³/mol. The van der Waals surface area contributed by atoms with E-state index in [0.29, 0.717) is 5.56 Å². The lowest BCUT2D eigenvalue weighted by Crippen LogP contribution is -2.09. The van der Waals surface area contributed by atoms with Crippen LogP contribution in [0.4, 0.5) is 10.5 Å². The second kappa shape index (κ2) is 8.53. The molecule has 148 valence electrons. The molecule has 0 bridgehead atoms. The zero-order valence-electron chi connectivity index (χ0n) is 15.0. The van der Waals surface area contributed by atoms with Gasteiger partial charge in [-0.2, -0.15) is 0 Å². The number of hydrogen-bond acceptors (Lipinski definition) is 8. The van der Waals surface area contributed by atoms with Gasteiger partial charge >= 0.3 is 12.1 Å². The van der Waals surface area contributed by atoms with Gasteiger partial charge in [-0.1, -0.05) is 23.7 Å². The maximum absolute atomic E-state index is 12.1. The van der Waals surface area contributed by atoms with Gasteiger partial charge in [-0.25, -0.2) is 14.6 Å². The molecule has 9 nitrogen and oxygen atoms in total. The molecule has 0 amide bonds. The molecule has 0 saturated carbocycles. The van der Waals surface area contributed by atoms with Gasteiger partial charge < -0.3 is 14.2 Å². The molecule has 0 aromatic heterocycles. The quantitative estimate of drug-likeness (QED) is 0.236. The Hall–Kier alpha value is -3.72. The molecule has 0 saturated heterocycles. The molecule has 2 aromatic rings. The van der Waals surface area contributed by atoms with E-state index in [4.69, 9.17) is 21.1 Å². The molecule has 1 heterocycles. The number of rotatable bonds is 5. The third-order valence-corrected chi connectivity index (χ3v) is 3.97. The SMILES string of the molecule is CCOC(=O)Oc1ccc(/C=C2\N=C(c3ccc([N+](=O)[O-])cc3Cl)OC2=O)cc1. The second-order valence-electron chi connectivity index (χ2n) is 5.61. The summed E-state index contributed by atoms with van der Waals surface area (Å²) in [4.78, 5) is 37.7. The van der Waals surface area contributed by atoms with Crippen molar-refractivity contribution in [1.29, 1.82) is 0 Å². The van der Waals surface area contributed by atoms with Crippen LogP contribution in [0.1, 0.15) is 18.1 Å². The first-order valence-electron chi connectivity index (χ1n) is 8.29. The summed E-state index contributed by atoms with van der Waals surface area (Å²) in [6, 6.07) is 10.0. The average Bonchev–Trinajstić information content (AvgIpc) is 3.03. The molecule has 29 heavy (non-hydrogen) atoms. The van der Waals surface area contributed by atoms with Crippen LogP contribution in [0.25, 0.3) is 6.08 Å². The van der Waals surface area contributed by atoms with Gasteiger partial charge in [-0.15, -0.1) is 0 Å². The van der Waals surface area contributed by atoms with Gasteiger partial charge in [0.05, 0.1) is 22.1 Å². The van der Waals surface area contributed by atoms with Crippen LogP contribution in [0.5, 0.6) is 5.75 Å². The van der Waals surface area contributed by atoms with Gasteiger partial charge in [0.25, 0.3) is 5.69 Å². The molecule has 0 radical (unpaired) electrons. The number of cyclic esters (lactones) is 1. The van der Waals surface area contributed by atoms with Crippen LogP contribution in [-0.4, -0.2) is 29.6 Å². The van der Waals surface area contributed by atoms with Crippen molar-refractivity contribution in [3.05, 3.63) is 74.4 Å². The summed E-state index contributed by atoms with van der Waals surface area (Å²) in [5, 5.41) is 10.8. The Kier molecular flexibility index (Phi) is 5.89. The van der Waals surface area contributed by atoms with Crippen LogP contribution in [0.15, 0.2) is 53.2 Å². The van der Waals surface area contributed by atoms with Crippen LogP contribution in [0, 0.1) is 10.1 Å². The molecule has 1 aliphatic heterocycles. The van der Waals surface area contributed by atoms with Gasteiger partial charge in [0, 0.05) is 12.1 Å². The molecule has 0 fully saturated rings. The highest BCUT2D eigenvalue weighted by Crippen LogP contribution is 2.27. The fourth-order valence-electron chi connectivity index (χ4n) is 2.35. The standard InChI is InChI=1S/C19H13ClN2O7/c1-2-27-19(24)28-13-6-3-11(4-7-13)9-16-18(23)29-17(21-16)14-8-5-12(22(25)26)10-15(14)20/h3-10H,2H2,1H3/b16-9-. The molecule has 1 aliphatic rings. The minimum Gasteiger partial charge on any atom is -0.434 e. The Balaban J connectivity index is 1.80. The van der Waals surface area contributed by atoms with E-state index in [2.05, 4.69) is 9.73 Å². The van der Waals surface area contributed by atoms with E-state index in [1.807, 2.05) is 0 Å². The number of aliphatic imine (C=N–C) groups is 1. The smallest absolute Gasteiger partial charge is 0.434 e. The van der Waals surface area contributed by atoms with E-state index >= 15 is 0 Å². The number of halogens is 1. The predicted octanol–water partition coefficient (Wildman–Crippen LogP) is 4.13. The second-order valence-corrected chi connectivity index (χ2v) is 6.02. The first-order valence-corrected chi connectivity index (χ1v) is 8.66. The number of ether oxygens (including phenoxy) is 3. The van der Waals surface area contributed by atoms with E-state index in [9.17, 15) is 19.7 Å². The number of nitrogens with zero attached hydrogens (tertiary/aromatic N) is 2. The first-order chi connectivity index (χ1) is 13.9. The number of nitro groups is 1. The zero-order chi connectivity index (χ0) is 21.0. The molecule has 0 spiro atoms. The molecular formula is C19H13ClN2O7. The normalized spacial score (nSPS) is 14.3. The number of nitro benzene ring substituents is 1. The van der Waals surface area contributed by atoms with Crippen LogP contribution < -0.4 is 4.74 Å². The Morgan fingerprint density at radius 2 is 2.00 bits per heavy atom. The Labute approximate surface area is 169 Å². The summed E-state index contributed by atoms with van der Waals surface area (Å²) in [5.74, 6) is -0.467. The van der Waals surface area contributed by atoms with Crippen molar-refractivity contribution < 1.29 is 28.7 Å². The number of esters is 1. The van der Waals surface area contributed by atoms with Gasteiger partial charge in [0.2, 0.25) is 5.90 Å². The molecule has 0 unspecified atom stereocenters. The lowest BCUT2D eigenvalue weighted by Gasteiger charge is -2.03. The number of hydrogen-bond donors (Lipinski definition) is 0. The highest BCUT2D eigenvalue weighted by atomic mass is 35.5. The highest BCUT2D eigenvalue weighted by Gasteiger charge is 2.26. The molecular weight excluding hydrogens is 404 g/mol. The third-order valence-electron chi connectivity index (χ3n) is 3.66. The average molecular weight is 417 g/mol. The van der Waals surface area contributed by atoms with Crippen molar-refractivity contribution in [3.63, 3.8) is 0 Å². The highest BCUT2D eigenvalue weighted by molar-refractivity contribution is 6.34. The van der Waals surface area contributed by atoms with Crippen LogP contribution >= 0.6 is 11.6 Å². The molecule has 3 rings (SSSR count). The van der Waals surface area contributed by atoms with Gasteiger partial charge in [-0.05, 0) is 36.8 Å². The Morgan fingerprint density at radius 3 is 2.62 bits per heavy atom. The summed E-state index contributed by atoms with van der Waals surface area (Å²) in [6.07, 6.45) is 0.662. The maximum Gasteiger partial charge on any atom is 0.513 e. The summed E-state index contributed by atoms with van der Waals surface area (Å²) in [5.41, 5.74) is 0.693. The van der Waals surface area contributed by atoms with Crippen LogP contribution in [0.3, 0.4) is 0 Å². The lowest BCUT2D eigenvalue weighted by atomic mass is 10.2. The van der Waals surface area contributed by atoms with Crippen molar-refractivity contribution in [3.8, 4) is 5.75 Å². The van der Waals surface area contributed by atoms with E-state index in [-0.39, 0.29) is 40.2 Å². The number of benzene rings is 2. The summed E-state index contributed by atoms with van der Waals surface area (Å²) >= 11 is 6.04. The summed E-state index contributed by atoms with van der Waals surface area (Å²) < 4.78 is 14.8. The minimum atomic E-state index is -0.813.